The van der Waals surface area contributed by atoms with E-state index >= 15 is 0 Å². The van der Waals surface area contributed by atoms with E-state index in [4.69, 9.17) is 0 Å². The molecule has 1 aromatic heterocycles. The summed E-state index contributed by atoms with van der Waals surface area (Å²) in [6, 6.07) is 6.56. The van der Waals surface area contributed by atoms with Gasteiger partial charge in [0.1, 0.15) is 0 Å². The van der Waals surface area contributed by atoms with Gasteiger partial charge in [0, 0.05) is 5.39 Å². The molecule has 0 spiro atoms. The molecule has 2 nitrogen and oxygen atoms in total. The molecule has 0 aliphatic heterocycles. The maximum Gasteiger partial charge on any atom is 0.0650 e. The maximum absolute atomic E-state index is 4.07. The number of allylic oxidation sites excluding steroid dienone is 2. The van der Waals surface area contributed by atoms with Gasteiger partial charge in [-0.3, -0.25) is 5.10 Å². The minimum Gasteiger partial charge on any atom is -0.278 e. The van der Waals surface area contributed by atoms with Gasteiger partial charge in [-0.25, -0.2) is 0 Å². The van der Waals surface area contributed by atoms with E-state index in [1.807, 2.05) is 6.20 Å². The molecule has 2 heteroatoms. The number of nitrogens with zero attached hydrogens (tertiary/aromatic N) is 1. The van der Waals surface area contributed by atoms with Gasteiger partial charge in [0.25, 0.3) is 0 Å². The first-order valence-corrected chi connectivity index (χ1v) is 6.27. The fraction of sp³-hybridized carbons (Fsp3) is 0.400. The molecule has 3 rings (SSSR count). The molecule has 0 fully saturated rings. The van der Waals surface area contributed by atoms with Crippen molar-refractivity contribution in [2.75, 3.05) is 0 Å². The summed E-state index contributed by atoms with van der Waals surface area (Å²) in [5.41, 5.74) is 4.44. The fourth-order valence-corrected chi connectivity index (χ4v) is 2.48. The Hall–Kier alpha value is -1.57. The Morgan fingerprint density at radius 1 is 1.29 bits per heavy atom. The largest absolute Gasteiger partial charge is 0.278 e. The van der Waals surface area contributed by atoms with E-state index in [1.165, 1.54) is 35.8 Å². The number of benzene rings is 1. The molecule has 17 heavy (non-hydrogen) atoms. The lowest BCUT2D eigenvalue weighted by molar-refractivity contribution is 0.335. The number of hydrogen-bond donors (Lipinski definition) is 1. The van der Waals surface area contributed by atoms with Crippen molar-refractivity contribution >= 4 is 16.5 Å². The third-order valence-electron chi connectivity index (χ3n) is 3.78. The average molecular weight is 226 g/mol. The molecule has 1 N–H and O–H groups in total. The molecule has 0 amide bonds. The van der Waals surface area contributed by atoms with Crippen molar-refractivity contribution in [1.29, 1.82) is 0 Å². The number of H-pyrrole nitrogens is 1. The minimum absolute atomic E-state index is 0.475. The van der Waals surface area contributed by atoms with Crippen LogP contribution in [-0.2, 0) is 0 Å². The van der Waals surface area contributed by atoms with E-state index in [0.29, 0.717) is 5.41 Å². The third-order valence-corrected chi connectivity index (χ3v) is 3.78. The Balaban J connectivity index is 1.96. The summed E-state index contributed by atoms with van der Waals surface area (Å²) in [4.78, 5) is 0. The van der Waals surface area contributed by atoms with Crippen LogP contribution in [0.25, 0.3) is 16.5 Å². The molecule has 1 heterocycles. The van der Waals surface area contributed by atoms with Gasteiger partial charge in [0.15, 0.2) is 0 Å². The normalized spacial score (nSPS) is 19.3. The Kier molecular flexibility index (Phi) is 2.32. The summed E-state index contributed by atoms with van der Waals surface area (Å²) in [7, 11) is 0. The Labute approximate surface area is 102 Å². The van der Waals surface area contributed by atoms with Crippen LogP contribution in [0.5, 0.6) is 0 Å². The van der Waals surface area contributed by atoms with Crippen molar-refractivity contribution in [3.63, 3.8) is 0 Å². The summed E-state index contributed by atoms with van der Waals surface area (Å²) in [6.07, 6.45) is 7.96. The minimum atomic E-state index is 0.475. The lowest BCUT2D eigenvalue weighted by Crippen LogP contribution is -2.13. The Morgan fingerprint density at radius 3 is 2.94 bits per heavy atom. The highest BCUT2D eigenvalue weighted by molar-refractivity contribution is 5.83. The van der Waals surface area contributed by atoms with E-state index in [2.05, 4.69) is 48.3 Å². The molecule has 2 aromatic rings. The topological polar surface area (TPSA) is 28.7 Å². The molecule has 1 aromatic carbocycles. The second-order valence-corrected chi connectivity index (χ2v) is 5.77. The average Bonchev–Trinajstić information content (AvgIpc) is 2.76. The summed E-state index contributed by atoms with van der Waals surface area (Å²) in [5, 5.41) is 8.26. The van der Waals surface area contributed by atoms with Crippen LogP contribution < -0.4 is 0 Å². The molecule has 0 saturated heterocycles. The fourth-order valence-electron chi connectivity index (χ4n) is 2.48. The zero-order valence-corrected chi connectivity index (χ0v) is 10.5. The zero-order chi connectivity index (χ0) is 11.9. The van der Waals surface area contributed by atoms with Gasteiger partial charge in [-0.05, 0) is 47.9 Å². The lowest BCUT2D eigenvalue weighted by atomic mass is 9.77. The number of nitrogens with one attached hydrogen (secondary N) is 1. The molecule has 1 aliphatic carbocycles. The molecular formula is C15H18N2. The molecule has 1 aliphatic rings. The Morgan fingerprint density at radius 2 is 2.18 bits per heavy atom. The van der Waals surface area contributed by atoms with Gasteiger partial charge >= 0.3 is 0 Å². The summed E-state index contributed by atoms with van der Waals surface area (Å²) in [6.45, 7) is 4.69. The van der Waals surface area contributed by atoms with E-state index in [-0.39, 0.29) is 0 Å². The van der Waals surface area contributed by atoms with Crippen molar-refractivity contribution in [2.45, 2.75) is 33.1 Å². The van der Waals surface area contributed by atoms with Crippen molar-refractivity contribution in [2.24, 2.45) is 5.41 Å². The molecule has 0 bridgehead atoms. The number of rotatable bonds is 1. The van der Waals surface area contributed by atoms with Gasteiger partial charge in [-0.2, -0.15) is 5.10 Å². The van der Waals surface area contributed by atoms with Crippen LogP contribution in [0.1, 0.15) is 38.7 Å². The van der Waals surface area contributed by atoms with Gasteiger partial charge in [-0.15, -0.1) is 0 Å². The van der Waals surface area contributed by atoms with Gasteiger partial charge < -0.3 is 0 Å². The third kappa shape index (κ3) is 1.99. The van der Waals surface area contributed by atoms with E-state index < -0.39 is 0 Å². The Bertz CT molecular complexity index is 575. The molecule has 0 saturated carbocycles. The first kappa shape index (κ1) is 10.6. The van der Waals surface area contributed by atoms with Crippen LogP contribution in [0, 0.1) is 5.41 Å². The SMILES string of the molecule is CC1(C)CC=C(c2ccc3[nH]ncc3c2)CC1. The molecule has 0 radical (unpaired) electrons. The van der Waals surface area contributed by atoms with Crippen LogP contribution in [0.2, 0.25) is 0 Å². The molecule has 88 valence electrons. The van der Waals surface area contributed by atoms with Gasteiger partial charge in [0.2, 0.25) is 0 Å². The van der Waals surface area contributed by atoms with Crippen molar-refractivity contribution in [1.82, 2.24) is 10.2 Å². The second kappa shape index (κ2) is 3.73. The highest BCUT2D eigenvalue weighted by atomic mass is 15.1. The van der Waals surface area contributed by atoms with Crippen molar-refractivity contribution < 1.29 is 0 Å². The second-order valence-electron chi connectivity index (χ2n) is 5.77. The highest BCUT2D eigenvalue weighted by Crippen LogP contribution is 2.38. The van der Waals surface area contributed by atoms with Crippen LogP contribution >= 0.6 is 0 Å². The summed E-state index contributed by atoms with van der Waals surface area (Å²) >= 11 is 0. The standard InChI is InChI=1S/C15H18N2/c1-15(2)7-5-11(6-8-15)12-3-4-14-13(9-12)10-16-17-14/h3-5,9-10H,6-8H2,1-2H3,(H,16,17). The zero-order valence-electron chi connectivity index (χ0n) is 10.5. The summed E-state index contributed by atoms with van der Waals surface area (Å²) in [5.74, 6) is 0. The smallest absolute Gasteiger partial charge is 0.0650 e. The van der Waals surface area contributed by atoms with Crippen LogP contribution in [0.3, 0.4) is 0 Å². The first-order valence-electron chi connectivity index (χ1n) is 6.27. The number of fused-ring (bicyclic) bond motifs is 1. The van der Waals surface area contributed by atoms with Gasteiger partial charge in [-0.1, -0.05) is 26.0 Å². The van der Waals surface area contributed by atoms with Crippen LogP contribution in [0.4, 0.5) is 0 Å². The van der Waals surface area contributed by atoms with Gasteiger partial charge in [0.05, 0.1) is 11.7 Å². The maximum atomic E-state index is 4.07. The number of hydrogen-bond acceptors (Lipinski definition) is 1. The van der Waals surface area contributed by atoms with Crippen LogP contribution in [-0.4, -0.2) is 10.2 Å². The van der Waals surface area contributed by atoms with E-state index in [1.54, 1.807) is 0 Å². The molecule has 0 atom stereocenters. The number of aromatic amines is 1. The molecular weight excluding hydrogens is 208 g/mol. The van der Waals surface area contributed by atoms with Crippen LogP contribution in [0.15, 0.2) is 30.5 Å². The lowest BCUT2D eigenvalue weighted by Gasteiger charge is -2.28. The first-order chi connectivity index (χ1) is 8.14. The van der Waals surface area contributed by atoms with Crippen molar-refractivity contribution in [3.8, 4) is 0 Å². The predicted octanol–water partition coefficient (Wildman–Crippen LogP) is 4.16. The molecule has 0 unspecified atom stereocenters. The summed E-state index contributed by atoms with van der Waals surface area (Å²) < 4.78 is 0. The highest BCUT2D eigenvalue weighted by Gasteiger charge is 2.21. The number of aromatic nitrogens is 2. The monoisotopic (exact) mass is 226 g/mol. The van der Waals surface area contributed by atoms with E-state index in [9.17, 15) is 0 Å². The predicted molar refractivity (Wildman–Crippen MR) is 71.7 cm³/mol. The van der Waals surface area contributed by atoms with Crippen molar-refractivity contribution in [3.05, 3.63) is 36.0 Å². The quantitative estimate of drug-likeness (QED) is 0.777. The van der Waals surface area contributed by atoms with E-state index in [0.717, 1.165) is 5.52 Å².